The topological polar surface area (TPSA) is 69.7 Å². The first kappa shape index (κ1) is 23.3. The van der Waals surface area contributed by atoms with Gasteiger partial charge in [-0.1, -0.05) is 42.5 Å². The Kier molecular flexibility index (Phi) is 7.17. The number of amides is 3. The quantitative estimate of drug-likeness (QED) is 0.706. The minimum Gasteiger partial charge on any atom is -0.338 e. The van der Waals surface area contributed by atoms with Gasteiger partial charge in [-0.25, -0.2) is 0 Å². The number of nitrogens with zero attached hydrogens (tertiary/aromatic N) is 2. The van der Waals surface area contributed by atoms with Crippen molar-refractivity contribution in [1.82, 2.24) is 9.80 Å². The van der Waals surface area contributed by atoms with E-state index in [0.29, 0.717) is 6.54 Å². The lowest BCUT2D eigenvalue weighted by molar-refractivity contribution is -0.138. The molecule has 1 N–H and O–H groups in total. The second-order valence-electron chi connectivity index (χ2n) is 7.60. The molecular weight excluding hydrogens is 423 g/mol. The molecule has 2 aromatic carbocycles. The van der Waals surface area contributed by atoms with Gasteiger partial charge in [0.05, 0.1) is 23.7 Å². The summed E-state index contributed by atoms with van der Waals surface area (Å²) < 4.78 is 39.4. The highest BCUT2D eigenvalue weighted by Crippen LogP contribution is 2.34. The molecule has 1 aliphatic heterocycles. The summed E-state index contributed by atoms with van der Waals surface area (Å²) in [5, 5.41) is 2.25. The fourth-order valence-electron chi connectivity index (χ4n) is 3.70. The number of hydrogen-bond donors (Lipinski definition) is 1. The van der Waals surface area contributed by atoms with E-state index in [1.165, 1.54) is 17.0 Å². The molecule has 1 heterocycles. The van der Waals surface area contributed by atoms with E-state index in [1.807, 2.05) is 30.3 Å². The summed E-state index contributed by atoms with van der Waals surface area (Å²) in [6.07, 6.45) is -4.57. The Morgan fingerprint density at radius 1 is 1.09 bits per heavy atom. The van der Waals surface area contributed by atoms with E-state index in [1.54, 1.807) is 11.8 Å². The van der Waals surface area contributed by atoms with Gasteiger partial charge in [-0.2, -0.15) is 13.2 Å². The SMILES string of the molecule is CCN(CC(=O)Nc1ccccc1C(F)(F)F)C(=O)[C@H]1CC(=O)N(Cc2ccccc2)C1. The van der Waals surface area contributed by atoms with Crippen LogP contribution >= 0.6 is 0 Å². The smallest absolute Gasteiger partial charge is 0.338 e. The van der Waals surface area contributed by atoms with E-state index in [2.05, 4.69) is 5.32 Å². The average Bonchev–Trinajstić information content (AvgIpc) is 3.12. The van der Waals surface area contributed by atoms with Crippen LogP contribution in [0.4, 0.5) is 18.9 Å². The molecule has 0 saturated carbocycles. The van der Waals surface area contributed by atoms with Crippen molar-refractivity contribution in [2.75, 3.05) is 25.0 Å². The van der Waals surface area contributed by atoms with Crippen LogP contribution in [0.1, 0.15) is 24.5 Å². The molecule has 1 atom stereocenters. The van der Waals surface area contributed by atoms with Crippen molar-refractivity contribution in [2.45, 2.75) is 26.1 Å². The molecule has 1 saturated heterocycles. The number of anilines is 1. The summed E-state index contributed by atoms with van der Waals surface area (Å²) in [7, 11) is 0. The molecule has 3 rings (SSSR count). The van der Waals surface area contributed by atoms with Crippen LogP contribution in [0.15, 0.2) is 54.6 Å². The van der Waals surface area contributed by atoms with E-state index in [0.717, 1.165) is 17.7 Å². The Morgan fingerprint density at radius 2 is 1.75 bits per heavy atom. The molecule has 0 aliphatic carbocycles. The van der Waals surface area contributed by atoms with Crippen molar-refractivity contribution in [3.63, 3.8) is 0 Å². The number of rotatable bonds is 7. The number of para-hydroxylation sites is 1. The van der Waals surface area contributed by atoms with Crippen molar-refractivity contribution in [2.24, 2.45) is 5.92 Å². The number of alkyl halides is 3. The third-order valence-electron chi connectivity index (χ3n) is 5.31. The number of nitrogens with one attached hydrogen (secondary N) is 1. The summed E-state index contributed by atoms with van der Waals surface area (Å²) in [6, 6.07) is 14.1. The third kappa shape index (κ3) is 5.66. The number of likely N-dealkylation sites (tertiary alicyclic amines) is 1. The lowest BCUT2D eigenvalue weighted by Crippen LogP contribution is -2.42. The Balaban J connectivity index is 1.62. The third-order valence-corrected chi connectivity index (χ3v) is 5.31. The number of carbonyl (C=O) groups excluding carboxylic acids is 3. The van der Waals surface area contributed by atoms with Gasteiger partial charge in [0.25, 0.3) is 0 Å². The maximum Gasteiger partial charge on any atom is 0.418 e. The van der Waals surface area contributed by atoms with Gasteiger partial charge >= 0.3 is 6.18 Å². The van der Waals surface area contributed by atoms with Gasteiger partial charge in [-0.3, -0.25) is 14.4 Å². The summed E-state index contributed by atoms with van der Waals surface area (Å²) in [5.74, 6) is -1.84. The average molecular weight is 447 g/mol. The first-order chi connectivity index (χ1) is 15.2. The fourth-order valence-corrected chi connectivity index (χ4v) is 3.70. The van der Waals surface area contributed by atoms with E-state index in [-0.39, 0.29) is 37.0 Å². The van der Waals surface area contributed by atoms with Crippen LogP contribution in [-0.2, 0) is 27.1 Å². The molecule has 6 nitrogen and oxygen atoms in total. The summed E-state index contributed by atoms with van der Waals surface area (Å²) in [6.45, 7) is 2.10. The maximum absolute atomic E-state index is 13.1. The molecule has 0 radical (unpaired) electrons. The molecule has 9 heteroatoms. The van der Waals surface area contributed by atoms with Crippen LogP contribution in [0.3, 0.4) is 0 Å². The molecule has 0 aromatic heterocycles. The highest BCUT2D eigenvalue weighted by atomic mass is 19.4. The van der Waals surface area contributed by atoms with E-state index in [4.69, 9.17) is 0 Å². The first-order valence-corrected chi connectivity index (χ1v) is 10.3. The molecule has 0 unspecified atom stereocenters. The first-order valence-electron chi connectivity index (χ1n) is 10.3. The van der Waals surface area contributed by atoms with Crippen LogP contribution < -0.4 is 5.32 Å². The number of benzene rings is 2. The van der Waals surface area contributed by atoms with Crippen LogP contribution in [0, 0.1) is 5.92 Å². The Labute approximate surface area is 184 Å². The Bertz CT molecular complexity index is 979. The zero-order chi connectivity index (χ0) is 23.3. The molecular formula is C23H24F3N3O3. The van der Waals surface area contributed by atoms with Crippen LogP contribution in [0.5, 0.6) is 0 Å². The predicted octanol–water partition coefficient (Wildman–Crippen LogP) is 3.54. The van der Waals surface area contributed by atoms with Gasteiger partial charge in [-0.15, -0.1) is 0 Å². The van der Waals surface area contributed by atoms with Crippen LogP contribution in [0.25, 0.3) is 0 Å². The predicted molar refractivity (Wildman–Crippen MR) is 112 cm³/mol. The van der Waals surface area contributed by atoms with Crippen LogP contribution in [-0.4, -0.2) is 47.2 Å². The monoisotopic (exact) mass is 447 g/mol. The summed E-state index contributed by atoms with van der Waals surface area (Å²) in [5.41, 5.74) is -0.372. The minimum atomic E-state index is -4.61. The van der Waals surface area contributed by atoms with E-state index < -0.39 is 30.1 Å². The molecule has 1 aliphatic rings. The highest BCUT2D eigenvalue weighted by molar-refractivity contribution is 5.96. The summed E-state index contributed by atoms with van der Waals surface area (Å²) >= 11 is 0. The van der Waals surface area contributed by atoms with Gasteiger partial charge in [-0.05, 0) is 24.6 Å². The standard InChI is InChI=1S/C23H24F3N3O3/c1-2-28(15-20(30)27-19-11-7-6-10-18(19)23(24,25)26)22(32)17-12-21(31)29(14-17)13-16-8-4-3-5-9-16/h3-11,17H,2,12-15H2,1H3,(H,27,30)/t17-/m0/s1. The fraction of sp³-hybridized carbons (Fsp3) is 0.348. The lowest BCUT2D eigenvalue weighted by Gasteiger charge is -2.24. The number of likely N-dealkylation sites (N-methyl/N-ethyl adjacent to an activating group) is 1. The molecule has 170 valence electrons. The summed E-state index contributed by atoms with van der Waals surface area (Å²) in [4.78, 5) is 40.6. The highest BCUT2D eigenvalue weighted by Gasteiger charge is 2.37. The molecule has 1 fully saturated rings. The Hall–Kier alpha value is -3.36. The van der Waals surface area contributed by atoms with Crippen molar-refractivity contribution in [1.29, 1.82) is 0 Å². The van der Waals surface area contributed by atoms with Crippen molar-refractivity contribution in [3.05, 3.63) is 65.7 Å². The zero-order valence-electron chi connectivity index (χ0n) is 17.6. The second-order valence-corrected chi connectivity index (χ2v) is 7.60. The molecule has 3 amide bonds. The Morgan fingerprint density at radius 3 is 2.41 bits per heavy atom. The molecule has 32 heavy (non-hydrogen) atoms. The van der Waals surface area contributed by atoms with E-state index >= 15 is 0 Å². The second kappa shape index (κ2) is 9.84. The molecule has 0 spiro atoms. The number of carbonyl (C=O) groups is 3. The number of halogens is 3. The van der Waals surface area contributed by atoms with Crippen molar-refractivity contribution in [3.8, 4) is 0 Å². The normalized spacial score (nSPS) is 16.2. The van der Waals surface area contributed by atoms with Gasteiger partial charge in [0, 0.05) is 26.1 Å². The van der Waals surface area contributed by atoms with Gasteiger partial charge in [0.2, 0.25) is 17.7 Å². The minimum absolute atomic E-state index is 0.0424. The largest absolute Gasteiger partial charge is 0.418 e. The van der Waals surface area contributed by atoms with Crippen LogP contribution in [0.2, 0.25) is 0 Å². The van der Waals surface area contributed by atoms with Gasteiger partial charge in [0.15, 0.2) is 0 Å². The van der Waals surface area contributed by atoms with E-state index in [9.17, 15) is 27.6 Å². The van der Waals surface area contributed by atoms with Gasteiger partial charge < -0.3 is 15.1 Å². The number of hydrogen-bond acceptors (Lipinski definition) is 3. The molecule has 0 bridgehead atoms. The maximum atomic E-state index is 13.1. The zero-order valence-corrected chi connectivity index (χ0v) is 17.6. The van der Waals surface area contributed by atoms with Crippen molar-refractivity contribution >= 4 is 23.4 Å². The lowest BCUT2D eigenvalue weighted by atomic mass is 10.1. The van der Waals surface area contributed by atoms with Gasteiger partial charge in [0.1, 0.15) is 0 Å². The molecule has 2 aromatic rings. The van der Waals surface area contributed by atoms with Crippen molar-refractivity contribution < 1.29 is 27.6 Å².